The van der Waals surface area contributed by atoms with Crippen molar-refractivity contribution in [1.29, 1.82) is 0 Å². The van der Waals surface area contributed by atoms with E-state index in [1.807, 2.05) is 0 Å². The second-order valence-corrected chi connectivity index (χ2v) is 4.07. The molecule has 0 saturated heterocycles. The molecule has 2 heterocycles. The number of anilines is 1. The molecule has 2 aromatic rings. The Hall–Kier alpha value is -2.83. The molecule has 24 heavy (non-hydrogen) atoms. The Morgan fingerprint density at radius 1 is 0.958 bits per heavy atom. The maximum absolute atomic E-state index is 10.3. The first-order valence-electron chi connectivity index (χ1n) is 5.96. The highest BCUT2D eigenvalue weighted by molar-refractivity contribution is 6.29. The smallest absolute Gasteiger partial charge is 0.337 e. The van der Waals surface area contributed by atoms with Gasteiger partial charge in [0.05, 0.1) is 11.1 Å². The van der Waals surface area contributed by atoms with Crippen LogP contribution in [-0.4, -0.2) is 37.3 Å². The van der Waals surface area contributed by atoms with Crippen molar-refractivity contribution >= 4 is 29.4 Å². The summed E-state index contributed by atoms with van der Waals surface area (Å²) in [7, 11) is 0. The molecule has 0 aliphatic carbocycles. The molecule has 0 saturated carbocycles. The zero-order chi connectivity index (χ0) is 18.5. The lowest BCUT2D eigenvalue weighted by Crippen LogP contribution is -2.14. The number of carboxylic acids is 2. The predicted molar refractivity (Wildman–Crippen MR) is 84.3 cm³/mol. The molecule has 2 rings (SSSR count). The summed E-state index contributed by atoms with van der Waals surface area (Å²) < 4.78 is 0. The molecule has 130 valence electrons. The molecule has 12 heteroatoms. The first kappa shape index (κ1) is 21.2. The first-order valence-corrected chi connectivity index (χ1v) is 6.34. The van der Waals surface area contributed by atoms with Gasteiger partial charge in [-0.1, -0.05) is 11.6 Å². The van der Waals surface area contributed by atoms with Crippen LogP contribution in [0.4, 0.5) is 5.82 Å². The summed E-state index contributed by atoms with van der Waals surface area (Å²) in [6.07, 6.45) is 2.45. The zero-order valence-corrected chi connectivity index (χ0v) is 12.8. The number of pyridine rings is 2. The van der Waals surface area contributed by atoms with Crippen molar-refractivity contribution in [3.63, 3.8) is 0 Å². The fraction of sp³-hybridized carbons (Fsp3) is 0. The second kappa shape index (κ2) is 11.7. The average molecular weight is 359 g/mol. The first-order chi connectivity index (χ1) is 11.3. The van der Waals surface area contributed by atoms with Gasteiger partial charge in [0, 0.05) is 12.4 Å². The van der Waals surface area contributed by atoms with E-state index in [4.69, 9.17) is 32.9 Å². The molecule has 0 spiro atoms. The maximum atomic E-state index is 10.3. The normalized spacial score (nSPS) is 8.83. The number of hydrazine groups is 2. The van der Waals surface area contributed by atoms with Crippen LogP contribution in [0.3, 0.4) is 0 Å². The van der Waals surface area contributed by atoms with Gasteiger partial charge in [-0.2, -0.15) is 0 Å². The van der Waals surface area contributed by atoms with Crippen LogP contribution in [0.5, 0.6) is 0 Å². The minimum atomic E-state index is -0.999. The van der Waals surface area contributed by atoms with Gasteiger partial charge in [0.25, 0.3) is 0 Å². The van der Waals surface area contributed by atoms with Crippen molar-refractivity contribution in [2.75, 3.05) is 5.43 Å². The number of hydrogen-bond donors (Lipinski definition) is 7. The van der Waals surface area contributed by atoms with Gasteiger partial charge < -0.3 is 20.8 Å². The number of hydrogen-bond acceptors (Lipinski definition) is 9. The van der Waals surface area contributed by atoms with Crippen LogP contribution >= 0.6 is 11.6 Å². The number of carbonyl (C=O) groups is 2. The highest BCUT2D eigenvalue weighted by atomic mass is 35.5. The quantitative estimate of drug-likeness (QED) is 0.227. The summed E-state index contributed by atoms with van der Waals surface area (Å²) in [5, 5.41) is 24.2. The molecule has 0 fully saturated rings. The predicted octanol–water partition coefficient (Wildman–Crippen LogP) is 0.337. The Morgan fingerprint density at radius 3 is 1.71 bits per heavy atom. The third-order valence-electron chi connectivity index (χ3n) is 2.13. The number of aromatic nitrogens is 2. The number of nitrogens with zero attached hydrogens (tertiary/aromatic N) is 2. The highest BCUT2D eigenvalue weighted by Crippen LogP contribution is 2.04. The van der Waals surface area contributed by atoms with E-state index in [0.29, 0.717) is 11.0 Å². The number of nitrogens with two attached hydrogens (primary N) is 2. The molecule has 0 aliphatic rings. The van der Waals surface area contributed by atoms with E-state index < -0.39 is 11.9 Å². The standard InChI is InChI=1S/C6H4ClNO2.C6H7N3O2.H4N2O/c7-5-2-1-4(3-8-5)6(9)10;7-9-5-2-1-4(3-8-5)6(10)11;1-2-3/h1-3H,(H,9,10);1-3H,7H2,(H,8,9)(H,10,11);2-3H,1H2. The van der Waals surface area contributed by atoms with E-state index in [0.717, 1.165) is 0 Å². The number of nitrogen functional groups attached to an aromatic ring is 1. The van der Waals surface area contributed by atoms with Gasteiger partial charge in [-0.15, -0.1) is 5.59 Å². The minimum Gasteiger partial charge on any atom is -0.478 e. The third-order valence-corrected chi connectivity index (χ3v) is 2.36. The summed E-state index contributed by atoms with van der Waals surface area (Å²) in [4.78, 5) is 27.8. The van der Waals surface area contributed by atoms with E-state index in [-0.39, 0.29) is 11.1 Å². The summed E-state index contributed by atoms with van der Waals surface area (Å²) in [5.74, 6) is 7.61. The molecular formula is C12H15ClN6O5. The fourth-order valence-corrected chi connectivity index (χ4v) is 1.22. The topological polar surface area (TPSA) is 197 Å². The summed E-state index contributed by atoms with van der Waals surface area (Å²) in [6, 6.07) is 5.75. The molecule has 2 aromatic heterocycles. The van der Waals surface area contributed by atoms with E-state index >= 15 is 0 Å². The van der Waals surface area contributed by atoms with Gasteiger partial charge in [0.2, 0.25) is 0 Å². The summed E-state index contributed by atoms with van der Waals surface area (Å²) in [5.41, 5.74) is 3.82. The number of carboxylic acid groups (broad SMARTS) is 2. The van der Waals surface area contributed by atoms with E-state index in [9.17, 15) is 9.59 Å². The third kappa shape index (κ3) is 8.57. The van der Waals surface area contributed by atoms with Crippen LogP contribution in [0.25, 0.3) is 0 Å². The van der Waals surface area contributed by atoms with Crippen LogP contribution < -0.4 is 22.7 Å². The van der Waals surface area contributed by atoms with Crippen LogP contribution in [0.2, 0.25) is 5.15 Å². The number of aromatic carboxylic acids is 2. The molecule has 0 atom stereocenters. The number of rotatable bonds is 3. The van der Waals surface area contributed by atoms with Gasteiger partial charge >= 0.3 is 11.9 Å². The lowest BCUT2D eigenvalue weighted by molar-refractivity contribution is 0.0685. The molecule has 0 radical (unpaired) electrons. The lowest BCUT2D eigenvalue weighted by atomic mass is 10.3. The second-order valence-electron chi connectivity index (χ2n) is 3.69. The SMILES string of the molecule is NNO.NNc1ccc(C(=O)O)cn1.O=C(O)c1ccc(Cl)nc1. The van der Waals surface area contributed by atoms with Crippen molar-refractivity contribution in [2.45, 2.75) is 0 Å². The molecule has 0 aromatic carbocycles. The van der Waals surface area contributed by atoms with Crippen LogP contribution in [0.1, 0.15) is 20.7 Å². The van der Waals surface area contributed by atoms with Crippen molar-refractivity contribution in [2.24, 2.45) is 11.7 Å². The summed E-state index contributed by atoms with van der Waals surface area (Å²) in [6.45, 7) is 0. The van der Waals surface area contributed by atoms with Crippen LogP contribution in [0.15, 0.2) is 36.7 Å². The monoisotopic (exact) mass is 358 g/mol. The van der Waals surface area contributed by atoms with Crippen molar-refractivity contribution in [3.05, 3.63) is 52.9 Å². The van der Waals surface area contributed by atoms with Crippen LogP contribution in [-0.2, 0) is 0 Å². The Labute approximate surface area is 140 Å². The minimum absolute atomic E-state index is 0.143. The Bertz CT molecular complexity index is 637. The van der Waals surface area contributed by atoms with Crippen molar-refractivity contribution in [1.82, 2.24) is 15.6 Å². The maximum Gasteiger partial charge on any atom is 0.337 e. The summed E-state index contributed by atoms with van der Waals surface area (Å²) >= 11 is 5.41. The van der Waals surface area contributed by atoms with Crippen LogP contribution in [0, 0.1) is 0 Å². The van der Waals surface area contributed by atoms with Crippen molar-refractivity contribution in [3.8, 4) is 0 Å². The van der Waals surface area contributed by atoms with Gasteiger partial charge in [-0.05, 0) is 24.3 Å². The number of halogens is 1. The van der Waals surface area contributed by atoms with Gasteiger partial charge in [0.1, 0.15) is 11.0 Å². The molecule has 0 amide bonds. The number of nitrogens with one attached hydrogen (secondary N) is 2. The highest BCUT2D eigenvalue weighted by Gasteiger charge is 2.01. The lowest BCUT2D eigenvalue weighted by Gasteiger charge is -1.97. The van der Waals surface area contributed by atoms with E-state index in [2.05, 4.69) is 21.2 Å². The fourth-order valence-electron chi connectivity index (χ4n) is 1.11. The van der Waals surface area contributed by atoms with Crippen molar-refractivity contribution < 1.29 is 25.0 Å². The van der Waals surface area contributed by atoms with E-state index in [1.54, 1.807) is 0 Å². The molecule has 11 nitrogen and oxygen atoms in total. The largest absolute Gasteiger partial charge is 0.478 e. The molecular weight excluding hydrogens is 344 g/mol. The molecule has 9 N–H and O–H groups in total. The molecule has 0 aliphatic heterocycles. The Kier molecular flexibility index (Phi) is 10.3. The zero-order valence-electron chi connectivity index (χ0n) is 12.0. The van der Waals surface area contributed by atoms with E-state index in [1.165, 1.54) is 42.2 Å². The Morgan fingerprint density at radius 2 is 1.42 bits per heavy atom. The molecule has 0 bridgehead atoms. The Balaban J connectivity index is 0.000000381. The van der Waals surface area contributed by atoms with Gasteiger partial charge in [0.15, 0.2) is 0 Å². The average Bonchev–Trinajstić information content (AvgIpc) is 2.56. The van der Waals surface area contributed by atoms with Gasteiger partial charge in [-0.25, -0.2) is 31.2 Å². The molecule has 0 unspecified atom stereocenters. The van der Waals surface area contributed by atoms with Gasteiger partial charge in [-0.3, -0.25) is 0 Å².